The summed E-state index contributed by atoms with van der Waals surface area (Å²) in [5.74, 6) is -1.12. The molecule has 3 aromatic rings. The molecular weight excluding hydrogens is 481 g/mol. The molecule has 0 saturated carbocycles. The van der Waals surface area contributed by atoms with E-state index in [0.29, 0.717) is 30.5 Å². The van der Waals surface area contributed by atoms with E-state index in [1.807, 2.05) is 70.2 Å². The number of benzene rings is 3. The highest BCUT2D eigenvalue weighted by Gasteiger charge is 2.21. The summed E-state index contributed by atoms with van der Waals surface area (Å²) in [6, 6.07) is 18.7. The van der Waals surface area contributed by atoms with E-state index in [9.17, 15) is 19.4 Å². The zero-order valence-corrected chi connectivity index (χ0v) is 23.1. The number of carboxylic acids is 1. The molecule has 0 bridgehead atoms. The largest absolute Gasteiger partial charge is 0.478 e. The number of hydrogen-bond donors (Lipinski definition) is 3. The van der Waals surface area contributed by atoms with E-state index in [-0.39, 0.29) is 24.1 Å². The Balaban J connectivity index is 1.62. The monoisotopic (exact) mass is 521 g/mol. The molecule has 0 radical (unpaired) electrons. The normalized spacial score (nSPS) is 13.3. The second-order valence-corrected chi connectivity index (χ2v) is 10.7. The van der Waals surface area contributed by atoms with Crippen LogP contribution in [0.5, 0.6) is 0 Å². The van der Waals surface area contributed by atoms with Crippen molar-refractivity contribution in [1.82, 2.24) is 5.32 Å². The van der Waals surface area contributed by atoms with Crippen LogP contribution >= 0.6 is 0 Å². The number of aromatic carboxylic acids is 1. The highest BCUT2D eigenvalue weighted by atomic mass is 19.1. The molecule has 0 amide bonds. The van der Waals surface area contributed by atoms with E-state index >= 15 is 0 Å². The van der Waals surface area contributed by atoms with E-state index in [1.54, 1.807) is 25.1 Å². The van der Waals surface area contributed by atoms with E-state index in [1.165, 1.54) is 0 Å². The minimum absolute atomic E-state index is 0.150. The number of aryl methyl sites for hydroxylation is 2. The topological polar surface area (TPSA) is 78.8 Å². The molecule has 2 unspecified atom stereocenters. The number of halogens is 1. The molecule has 0 aliphatic heterocycles. The molecular formula is C32H40FNO4. The van der Waals surface area contributed by atoms with Crippen molar-refractivity contribution >= 4 is 5.97 Å². The van der Waals surface area contributed by atoms with Gasteiger partial charge in [-0.1, -0.05) is 61.9 Å². The molecule has 0 aliphatic carbocycles. The first-order valence-corrected chi connectivity index (χ1v) is 13.3. The number of rotatable bonds is 13. The fourth-order valence-electron chi connectivity index (χ4n) is 4.68. The molecule has 0 spiro atoms. The first-order chi connectivity index (χ1) is 18.0. The van der Waals surface area contributed by atoms with Gasteiger partial charge in [0.2, 0.25) is 0 Å². The Hall–Kier alpha value is -3.06. The number of carbonyl (C=O) groups is 1. The van der Waals surface area contributed by atoms with Gasteiger partial charge in [-0.25, -0.2) is 9.18 Å². The molecule has 5 nitrogen and oxygen atoms in total. The number of ether oxygens (including phenoxy) is 1. The van der Waals surface area contributed by atoms with Gasteiger partial charge in [-0.05, 0) is 86.1 Å². The van der Waals surface area contributed by atoms with E-state index in [0.717, 1.165) is 34.2 Å². The van der Waals surface area contributed by atoms with Crippen molar-refractivity contribution in [2.75, 3.05) is 13.2 Å². The van der Waals surface area contributed by atoms with Crippen molar-refractivity contribution in [3.05, 3.63) is 94.3 Å². The minimum atomic E-state index is -0.915. The van der Waals surface area contributed by atoms with Crippen LogP contribution in [0.3, 0.4) is 0 Å². The molecule has 0 saturated heterocycles. The van der Waals surface area contributed by atoms with Crippen molar-refractivity contribution in [3.63, 3.8) is 0 Å². The molecule has 38 heavy (non-hydrogen) atoms. The van der Waals surface area contributed by atoms with Crippen LogP contribution in [0.25, 0.3) is 11.1 Å². The fraction of sp³-hybridized carbons (Fsp3) is 0.406. The van der Waals surface area contributed by atoms with Gasteiger partial charge in [-0.3, -0.25) is 0 Å². The lowest BCUT2D eigenvalue weighted by Crippen LogP contribution is -2.46. The van der Waals surface area contributed by atoms with Crippen LogP contribution in [0.4, 0.5) is 4.39 Å². The number of hydrogen-bond acceptors (Lipinski definition) is 4. The molecule has 204 valence electrons. The lowest BCUT2D eigenvalue weighted by molar-refractivity contribution is -0.00397. The number of aliphatic hydroxyl groups excluding tert-OH is 1. The van der Waals surface area contributed by atoms with Crippen molar-refractivity contribution < 1.29 is 24.1 Å². The number of aliphatic hydroxyl groups is 1. The van der Waals surface area contributed by atoms with Crippen LogP contribution < -0.4 is 5.32 Å². The molecule has 2 atom stereocenters. The van der Waals surface area contributed by atoms with E-state index in [2.05, 4.69) is 5.32 Å². The van der Waals surface area contributed by atoms with Gasteiger partial charge in [-0.2, -0.15) is 0 Å². The molecule has 0 aromatic heterocycles. The first-order valence-electron chi connectivity index (χ1n) is 13.3. The third kappa shape index (κ3) is 7.97. The van der Waals surface area contributed by atoms with Gasteiger partial charge in [0.25, 0.3) is 0 Å². The van der Waals surface area contributed by atoms with E-state index < -0.39 is 12.1 Å². The van der Waals surface area contributed by atoms with Crippen LogP contribution in [-0.2, 0) is 17.6 Å². The molecule has 6 heteroatoms. The zero-order valence-electron chi connectivity index (χ0n) is 23.1. The maximum atomic E-state index is 13.9. The summed E-state index contributed by atoms with van der Waals surface area (Å²) in [6.45, 7) is 10.3. The summed E-state index contributed by atoms with van der Waals surface area (Å²) in [6.07, 6.45) is 1.18. The van der Waals surface area contributed by atoms with Crippen molar-refractivity contribution in [2.24, 2.45) is 0 Å². The SMILES string of the molecule is CCCc1cc(-c2ccccc2C(C)OCC(O)CNC(C)(C)Cc2ccc(C)c(F)c2)ccc1C(=O)O. The summed E-state index contributed by atoms with van der Waals surface area (Å²) < 4.78 is 20.0. The van der Waals surface area contributed by atoms with Gasteiger partial charge >= 0.3 is 5.97 Å². The van der Waals surface area contributed by atoms with Crippen molar-refractivity contribution in [1.29, 1.82) is 0 Å². The average Bonchev–Trinajstić information content (AvgIpc) is 2.88. The standard InChI is InChI=1S/C32H40FNO4/c1-6-9-24-17-25(14-15-29(24)31(36)37)28-11-8-7-10-27(28)22(3)38-20-26(35)19-34-32(4,5)18-23-13-12-21(2)30(33)16-23/h7-8,10-17,22,26,34-35H,6,9,18-20H2,1-5H3,(H,36,37). The van der Waals surface area contributed by atoms with Crippen molar-refractivity contribution in [2.45, 2.75) is 71.6 Å². The number of nitrogens with one attached hydrogen (secondary N) is 1. The Morgan fingerprint density at radius 1 is 1.11 bits per heavy atom. The second-order valence-electron chi connectivity index (χ2n) is 10.7. The summed E-state index contributed by atoms with van der Waals surface area (Å²) in [5.41, 5.74) is 5.25. The Bertz CT molecular complexity index is 1240. The maximum Gasteiger partial charge on any atom is 0.335 e. The van der Waals surface area contributed by atoms with Crippen molar-refractivity contribution in [3.8, 4) is 11.1 Å². The highest BCUT2D eigenvalue weighted by molar-refractivity contribution is 5.90. The van der Waals surface area contributed by atoms with Gasteiger partial charge in [-0.15, -0.1) is 0 Å². The van der Waals surface area contributed by atoms with E-state index in [4.69, 9.17) is 4.74 Å². The summed E-state index contributed by atoms with van der Waals surface area (Å²) in [5, 5.41) is 23.5. The van der Waals surface area contributed by atoms with Gasteiger partial charge in [0.15, 0.2) is 0 Å². The number of carboxylic acid groups (broad SMARTS) is 1. The molecule has 0 fully saturated rings. The Kier molecular flexibility index (Phi) is 10.2. The third-order valence-electron chi connectivity index (χ3n) is 6.80. The fourth-order valence-corrected chi connectivity index (χ4v) is 4.68. The predicted octanol–water partition coefficient (Wildman–Crippen LogP) is 6.50. The summed E-state index contributed by atoms with van der Waals surface area (Å²) in [7, 11) is 0. The van der Waals surface area contributed by atoms with Gasteiger partial charge in [0, 0.05) is 12.1 Å². The first kappa shape index (κ1) is 29.5. The summed E-state index contributed by atoms with van der Waals surface area (Å²) in [4.78, 5) is 11.6. The molecule has 3 aromatic carbocycles. The van der Waals surface area contributed by atoms with Gasteiger partial charge < -0.3 is 20.3 Å². The molecule has 3 N–H and O–H groups in total. The minimum Gasteiger partial charge on any atom is -0.478 e. The van der Waals surface area contributed by atoms with Gasteiger partial charge in [0.05, 0.1) is 24.4 Å². The smallest absolute Gasteiger partial charge is 0.335 e. The molecule has 0 heterocycles. The second kappa shape index (κ2) is 13.1. The van der Waals surface area contributed by atoms with Crippen LogP contribution in [0.2, 0.25) is 0 Å². The predicted molar refractivity (Wildman–Crippen MR) is 150 cm³/mol. The maximum absolute atomic E-state index is 13.9. The van der Waals surface area contributed by atoms with Crippen LogP contribution in [0.15, 0.2) is 60.7 Å². The number of β-amino-alcohol motifs (C(OH)–C–C–N with tert-alkyl or cyclic N) is 1. The van der Waals surface area contributed by atoms with Crippen LogP contribution in [0, 0.1) is 12.7 Å². The quantitative estimate of drug-likeness (QED) is 0.239. The highest BCUT2D eigenvalue weighted by Crippen LogP contribution is 2.32. The van der Waals surface area contributed by atoms with Crippen LogP contribution in [-0.4, -0.2) is 41.0 Å². The van der Waals surface area contributed by atoms with Gasteiger partial charge in [0.1, 0.15) is 5.82 Å². The van der Waals surface area contributed by atoms with Crippen LogP contribution in [0.1, 0.15) is 72.8 Å². The molecule has 3 rings (SSSR count). The average molecular weight is 522 g/mol. The lowest BCUT2D eigenvalue weighted by atomic mass is 9.92. The Labute approximate surface area is 225 Å². The Morgan fingerprint density at radius 3 is 2.53 bits per heavy atom. The summed E-state index contributed by atoms with van der Waals surface area (Å²) >= 11 is 0. The lowest BCUT2D eigenvalue weighted by Gasteiger charge is -2.28. The third-order valence-corrected chi connectivity index (χ3v) is 6.80. The zero-order chi connectivity index (χ0) is 27.9. The molecule has 0 aliphatic rings. The Morgan fingerprint density at radius 2 is 1.84 bits per heavy atom.